The quantitative estimate of drug-likeness (QED) is 0.306. The second-order valence-electron chi connectivity index (χ2n) is 6.86. The first-order valence-corrected chi connectivity index (χ1v) is 9.90. The van der Waals surface area contributed by atoms with E-state index in [1.165, 1.54) is 0 Å². The number of hydrogen-bond donors (Lipinski definition) is 1. The zero-order valence-electron chi connectivity index (χ0n) is 17.4. The van der Waals surface area contributed by atoms with Gasteiger partial charge in [-0.25, -0.2) is 4.98 Å². The molecular weight excluding hydrogens is 386 g/mol. The zero-order valence-corrected chi connectivity index (χ0v) is 17.4. The Morgan fingerprint density at radius 3 is 2.26 bits per heavy atom. The Labute approximate surface area is 181 Å². The highest BCUT2D eigenvalue weighted by Crippen LogP contribution is 2.28. The number of nitrogens with one attached hydrogen (secondary N) is 1. The summed E-state index contributed by atoms with van der Waals surface area (Å²) in [6.07, 6.45) is 5.81. The van der Waals surface area contributed by atoms with Gasteiger partial charge in [-0.15, -0.1) is 0 Å². The highest BCUT2D eigenvalue weighted by atomic mass is 16.5. The number of methoxy groups -OCH3 is 2. The van der Waals surface area contributed by atoms with Crippen molar-refractivity contribution >= 4 is 35.0 Å². The second kappa shape index (κ2) is 9.59. The molecule has 0 fully saturated rings. The number of anilines is 1. The van der Waals surface area contributed by atoms with Crippen molar-refractivity contribution in [3.05, 3.63) is 95.7 Å². The van der Waals surface area contributed by atoms with Gasteiger partial charge in [0.25, 0.3) is 0 Å². The average Bonchev–Trinajstić information content (AvgIpc) is 2.83. The Hall–Kier alpha value is -4.12. The maximum Gasteiger partial charge on any atom is 0.119 e. The number of nitrogens with zero attached hydrogens (tertiary/aromatic N) is 2. The SMILES string of the molecule is COc1ccc(/C=N/Nc2cc(/C=C/c3ccccc3)nc3ccc(OC)cc23)cc1. The van der Waals surface area contributed by atoms with Crippen LogP contribution in [0.5, 0.6) is 11.5 Å². The summed E-state index contributed by atoms with van der Waals surface area (Å²) in [5.74, 6) is 1.58. The summed E-state index contributed by atoms with van der Waals surface area (Å²) in [5, 5.41) is 5.36. The third kappa shape index (κ3) is 5.08. The lowest BCUT2D eigenvalue weighted by molar-refractivity contribution is 0.415. The zero-order chi connectivity index (χ0) is 21.5. The largest absolute Gasteiger partial charge is 0.497 e. The first kappa shape index (κ1) is 20.2. The summed E-state index contributed by atoms with van der Waals surface area (Å²) in [6.45, 7) is 0. The van der Waals surface area contributed by atoms with Gasteiger partial charge in [0.1, 0.15) is 11.5 Å². The Kier molecular flexibility index (Phi) is 6.24. The van der Waals surface area contributed by atoms with E-state index in [2.05, 4.69) is 22.7 Å². The van der Waals surface area contributed by atoms with Crippen molar-refractivity contribution in [2.75, 3.05) is 19.6 Å². The van der Waals surface area contributed by atoms with Crippen LogP contribution >= 0.6 is 0 Å². The van der Waals surface area contributed by atoms with Crippen LogP contribution < -0.4 is 14.9 Å². The molecule has 0 aliphatic heterocycles. The highest BCUT2D eigenvalue weighted by molar-refractivity contribution is 5.94. The predicted molar refractivity (Wildman–Crippen MR) is 128 cm³/mol. The smallest absolute Gasteiger partial charge is 0.119 e. The fraction of sp³-hybridized carbons (Fsp3) is 0.0769. The van der Waals surface area contributed by atoms with E-state index in [1.807, 2.05) is 78.9 Å². The van der Waals surface area contributed by atoms with Gasteiger partial charge in [0, 0.05) is 5.39 Å². The molecule has 3 aromatic carbocycles. The minimum absolute atomic E-state index is 0.768. The van der Waals surface area contributed by atoms with Crippen LogP contribution in [0.4, 0.5) is 5.69 Å². The molecule has 0 unspecified atom stereocenters. The van der Waals surface area contributed by atoms with Gasteiger partial charge in [-0.1, -0.05) is 36.4 Å². The Balaban J connectivity index is 1.65. The van der Waals surface area contributed by atoms with Gasteiger partial charge >= 0.3 is 0 Å². The number of hydrazone groups is 1. The normalized spacial score (nSPS) is 11.3. The van der Waals surface area contributed by atoms with E-state index in [4.69, 9.17) is 14.5 Å². The maximum atomic E-state index is 5.39. The number of aromatic nitrogens is 1. The van der Waals surface area contributed by atoms with Crippen LogP contribution in [0.1, 0.15) is 16.8 Å². The van der Waals surface area contributed by atoms with Crippen molar-refractivity contribution in [1.82, 2.24) is 4.98 Å². The number of hydrogen-bond acceptors (Lipinski definition) is 5. The number of ether oxygens (including phenoxy) is 2. The van der Waals surface area contributed by atoms with Crippen LogP contribution in [0.15, 0.2) is 84.0 Å². The van der Waals surface area contributed by atoms with Gasteiger partial charge in [-0.3, -0.25) is 5.43 Å². The molecule has 0 spiro atoms. The molecule has 1 heterocycles. The Morgan fingerprint density at radius 2 is 1.52 bits per heavy atom. The van der Waals surface area contributed by atoms with Crippen LogP contribution in [-0.2, 0) is 0 Å². The van der Waals surface area contributed by atoms with E-state index in [-0.39, 0.29) is 0 Å². The molecule has 0 bridgehead atoms. The fourth-order valence-corrected chi connectivity index (χ4v) is 3.14. The van der Waals surface area contributed by atoms with Gasteiger partial charge < -0.3 is 9.47 Å². The third-order valence-corrected chi connectivity index (χ3v) is 4.80. The van der Waals surface area contributed by atoms with Crippen LogP contribution in [0.3, 0.4) is 0 Å². The number of rotatable bonds is 7. The van der Waals surface area contributed by atoms with Gasteiger partial charge in [-0.2, -0.15) is 5.10 Å². The van der Waals surface area contributed by atoms with E-state index >= 15 is 0 Å². The summed E-state index contributed by atoms with van der Waals surface area (Å²) in [5.41, 5.74) is 7.79. The van der Waals surface area contributed by atoms with Crippen LogP contribution in [0.25, 0.3) is 23.1 Å². The van der Waals surface area contributed by atoms with Crippen molar-refractivity contribution in [2.24, 2.45) is 5.10 Å². The number of pyridine rings is 1. The molecular formula is C26H23N3O2. The first-order chi connectivity index (χ1) is 15.2. The van der Waals surface area contributed by atoms with Crippen molar-refractivity contribution in [3.63, 3.8) is 0 Å². The van der Waals surface area contributed by atoms with E-state index < -0.39 is 0 Å². The third-order valence-electron chi connectivity index (χ3n) is 4.80. The number of benzene rings is 3. The molecule has 0 atom stereocenters. The summed E-state index contributed by atoms with van der Waals surface area (Å²) >= 11 is 0. The van der Waals surface area contributed by atoms with Crippen molar-refractivity contribution in [3.8, 4) is 11.5 Å². The lowest BCUT2D eigenvalue weighted by atomic mass is 10.1. The highest BCUT2D eigenvalue weighted by Gasteiger charge is 2.06. The summed E-state index contributed by atoms with van der Waals surface area (Å²) in [4.78, 5) is 4.76. The summed E-state index contributed by atoms with van der Waals surface area (Å²) in [6, 6.07) is 25.6. The standard InChI is InChI=1S/C26H23N3O2/c1-30-22-12-9-20(10-13-22)18-27-29-26-16-21(11-8-19-6-4-3-5-7-19)28-25-15-14-23(31-2)17-24(25)26/h3-18H,1-2H3,(H,28,29)/b11-8+,27-18+. The van der Waals surface area contributed by atoms with Gasteiger partial charge in [0.2, 0.25) is 0 Å². The molecule has 5 heteroatoms. The molecule has 4 aromatic rings. The molecule has 0 saturated carbocycles. The molecule has 1 N–H and O–H groups in total. The summed E-state index contributed by atoms with van der Waals surface area (Å²) in [7, 11) is 3.30. The molecule has 0 saturated heterocycles. The topological polar surface area (TPSA) is 55.7 Å². The molecule has 0 aliphatic rings. The maximum absolute atomic E-state index is 5.39. The second-order valence-corrected chi connectivity index (χ2v) is 6.86. The molecule has 1 aromatic heterocycles. The van der Waals surface area contributed by atoms with Gasteiger partial charge in [0.15, 0.2) is 0 Å². The van der Waals surface area contributed by atoms with Crippen LogP contribution in [0, 0.1) is 0 Å². The molecule has 154 valence electrons. The Bertz CT molecular complexity index is 1220. The van der Waals surface area contributed by atoms with Gasteiger partial charge in [0.05, 0.1) is 37.3 Å². The molecule has 4 rings (SSSR count). The van der Waals surface area contributed by atoms with Gasteiger partial charge in [-0.05, 0) is 65.7 Å². The van der Waals surface area contributed by atoms with E-state index in [9.17, 15) is 0 Å². The summed E-state index contributed by atoms with van der Waals surface area (Å²) < 4.78 is 10.6. The van der Waals surface area contributed by atoms with Crippen molar-refractivity contribution in [1.29, 1.82) is 0 Å². The van der Waals surface area contributed by atoms with E-state index in [0.29, 0.717) is 0 Å². The molecule has 0 aliphatic carbocycles. The van der Waals surface area contributed by atoms with Crippen molar-refractivity contribution < 1.29 is 9.47 Å². The van der Waals surface area contributed by atoms with Crippen molar-refractivity contribution in [2.45, 2.75) is 0 Å². The van der Waals surface area contributed by atoms with E-state index in [0.717, 1.165) is 44.9 Å². The minimum atomic E-state index is 0.768. The van der Waals surface area contributed by atoms with Crippen LogP contribution in [-0.4, -0.2) is 25.4 Å². The van der Waals surface area contributed by atoms with Crippen LogP contribution in [0.2, 0.25) is 0 Å². The molecule has 5 nitrogen and oxygen atoms in total. The predicted octanol–water partition coefficient (Wildman–Crippen LogP) is 5.87. The lowest BCUT2D eigenvalue weighted by Crippen LogP contribution is -1.96. The Morgan fingerprint density at radius 1 is 0.774 bits per heavy atom. The van der Waals surface area contributed by atoms with E-state index in [1.54, 1.807) is 20.4 Å². The average molecular weight is 409 g/mol. The first-order valence-electron chi connectivity index (χ1n) is 9.90. The lowest BCUT2D eigenvalue weighted by Gasteiger charge is -2.09. The monoisotopic (exact) mass is 409 g/mol. The molecule has 0 amide bonds. The fourth-order valence-electron chi connectivity index (χ4n) is 3.14. The molecule has 31 heavy (non-hydrogen) atoms. The molecule has 0 radical (unpaired) electrons. The number of fused-ring (bicyclic) bond motifs is 1. The minimum Gasteiger partial charge on any atom is -0.497 e.